The molecule has 5 nitrogen and oxygen atoms in total. The summed E-state index contributed by atoms with van der Waals surface area (Å²) in [6, 6.07) is 1.56. The number of hydrogen-bond donors (Lipinski definition) is 2. The monoisotopic (exact) mass is 250 g/mol. The minimum absolute atomic E-state index is 0.0137. The van der Waals surface area contributed by atoms with Crippen molar-refractivity contribution in [1.82, 2.24) is 0 Å². The summed E-state index contributed by atoms with van der Waals surface area (Å²) in [5.74, 6) is -0.757. The molecule has 0 aromatic heterocycles. The number of phenols is 1. The number of esters is 1. The van der Waals surface area contributed by atoms with Crippen LogP contribution in [0.5, 0.6) is 5.75 Å². The van der Waals surface area contributed by atoms with Crippen molar-refractivity contribution in [2.75, 3.05) is 6.61 Å². The molecule has 1 heterocycles. The van der Waals surface area contributed by atoms with E-state index >= 15 is 0 Å². The second kappa shape index (κ2) is 4.21. The van der Waals surface area contributed by atoms with Crippen molar-refractivity contribution in [3.05, 3.63) is 22.2 Å². The van der Waals surface area contributed by atoms with Crippen molar-refractivity contribution < 1.29 is 14.6 Å². The third-order valence-electron chi connectivity index (χ3n) is 2.29. The number of thiol groups is 1. The lowest BCUT2D eigenvalue weighted by molar-refractivity contribution is -0.134. The fraction of sp³-hybridized carbons (Fsp3) is 0.182. The molecule has 17 heavy (non-hydrogen) atoms. The molecule has 1 aromatic carbocycles. The highest BCUT2D eigenvalue weighted by atomic mass is 32.1. The van der Waals surface area contributed by atoms with E-state index in [-0.39, 0.29) is 23.6 Å². The van der Waals surface area contributed by atoms with Gasteiger partial charge in [-0.05, 0) is 18.2 Å². The molecule has 0 fully saturated rings. The number of rotatable bonds is 2. The van der Waals surface area contributed by atoms with E-state index in [4.69, 9.17) is 4.74 Å². The number of nitrogens with zero attached hydrogens (tertiary/aromatic N) is 2. The van der Waals surface area contributed by atoms with Gasteiger partial charge in [-0.2, -0.15) is 0 Å². The Hall–Kier alpha value is -1.82. The maximum Gasteiger partial charge on any atom is 0.359 e. The Morgan fingerprint density at radius 1 is 1.59 bits per heavy atom. The smallest absolute Gasteiger partial charge is 0.359 e. The molecule has 0 bridgehead atoms. The zero-order valence-electron chi connectivity index (χ0n) is 9.10. The van der Waals surface area contributed by atoms with Crippen molar-refractivity contribution >= 4 is 30.9 Å². The second-order valence-electron chi connectivity index (χ2n) is 3.40. The van der Waals surface area contributed by atoms with Crippen molar-refractivity contribution in [3.8, 4) is 5.75 Å². The quantitative estimate of drug-likeness (QED) is 0.573. The number of hydrogen-bond acceptors (Lipinski definition) is 6. The van der Waals surface area contributed by atoms with Gasteiger partial charge in [-0.3, -0.25) is 0 Å². The summed E-state index contributed by atoms with van der Waals surface area (Å²) < 4.78 is 4.83. The molecular weight excluding hydrogens is 240 g/mol. The molecule has 1 aliphatic rings. The summed E-state index contributed by atoms with van der Waals surface area (Å²) in [7, 11) is 0. The Morgan fingerprint density at radius 3 is 2.94 bits per heavy atom. The van der Waals surface area contributed by atoms with Gasteiger partial charge in [-0.25, -0.2) is 4.79 Å². The van der Waals surface area contributed by atoms with Crippen LogP contribution < -0.4 is 10.6 Å². The zero-order chi connectivity index (χ0) is 12.6. The topological polar surface area (TPSA) is 71.2 Å². The maximum atomic E-state index is 11.6. The van der Waals surface area contributed by atoms with Crippen molar-refractivity contribution in [3.63, 3.8) is 0 Å². The predicted octanol–water partition coefficient (Wildman–Crippen LogP) is -0.00840. The van der Waals surface area contributed by atoms with E-state index in [2.05, 4.69) is 29.4 Å². The average molecular weight is 250 g/mol. The third kappa shape index (κ3) is 1.80. The number of aromatic hydroxyl groups is 1. The summed E-state index contributed by atoms with van der Waals surface area (Å²) in [4.78, 5) is 11.9. The van der Waals surface area contributed by atoms with Crippen LogP contribution in [0.4, 0.5) is 0 Å². The molecule has 0 radical (unpaired) electrons. The highest BCUT2D eigenvalue weighted by Crippen LogP contribution is 2.23. The van der Waals surface area contributed by atoms with Crippen LogP contribution in [-0.2, 0) is 9.53 Å². The van der Waals surface area contributed by atoms with Gasteiger partial charge in [-0.1, -0.05) is 6.58 Å². The lowest BCUT2D eigenvalue weighted by atomic mass is 10.1. The minimum Gasteiger partial charge on any atom is -0.506 e. The summed E-state index contributed by atoms with van der Waals surface area (Å²) in [5, 5.41) is 18.3. The van der Waals surface area contributed by atoms with Crippen LogP contribution in [0, 0.1) is 0 Å². The van der Waals surface area contributed by atoms with Gasteiger partial charge >= 0.3 is 5.97 Å². The Labute approximate surface area is 103 Å². The number of ether oxygens (including phenoxy) is 1. The summed E-state index contributed by atoms with van der Waals surface area (Å²) in [6.45, 7) is 5.67. The maximum absolute atomic E-state index is 11.6. The first-order chi connectivity index (χ1) is 8.06. The summed E-state index contributed by atoms with van der Waals surface area (Å²) >= 11 is 4.09. The van der Waals surface area contributed by atoms with Crippen LogP contribution in [-0.4, -0.2) is 23.4 Å². The molecule has 0 spiro atoms. The van der Waals surface area contributed by atoms with Crippen LogP contribution in [0.25, 0.3) is 6.58 Å². The molecule has 0 atom stereocenters. The Morgan fingerprint density at radius 2 is 2.29 bits per heavy atom. The standard InChI is InChI=1S/C11H10N2O3S/c1-3-16-11(15)9-7-8(12-13-9)5(2)4-6(17)10(7)14/h4,14,17H,2-3H2,1H3. The average Bonchev–Trinajstić information content (AvgIpc) is 2.71. The fourth-order valence-electron chi connectivity index (χ4n) is 1.53. The van der Waals surface area contributed by atoms with E-state index in [1.807, 2.05) is 0 Å². The molecule has 0 saturated carbocycles. The van der Waals surface area contributed by atoms with Gasteiger partial charge in [-0.15, -0.1) is 22.8 Å². The normalized spacial score (nSPS) is 12.7. The van der Waals surface area contributed by atoms with Gasteiger partial charge in [0.05, 0.1) is 12.2 Å². The molecule has 0 saturated heterocycles. The van der Waals surface area contributed by atoms with Crippen LogP contribution >= 0.6 is 12.6 Å². The van der Waals surface area contributed by atoms with E-state index in [1.54, 1.807) is 13.0 Å². The number of carbonyl (C=O) groups excluding carboxylic acids is 1. The highest BCUT2D eigenvalue weighted by Gasteiger charge is 2.26. The molecule has 1 N–H and O–H groups in total. The highest BCUT2D eigenvalue weighted by molar-refractivity contribution is 7.80. The van der Waals surface area contributed by atoms with Crippen LogP contribution in [0.15, 0.2) is 21.2 Å². The van der Waals surface area contributed by atoms with E-state index in [9.17, 15) is 9.90 Å². The summed E-state index contributed by atoms with van der Waals surface area (Å²) in [6.07, 6.45) is 0. The number of fused-ring (bicyclic) bond motifs is 1. The van der Waals surface area contributed by atoms with Crippen LogP contribution in [0.1, 0.15) is 12.5 Å². The molecule has 0 amide bonds. The zero-order valence-corrected chi connectivity index (χ0v) is 9.99. The van der Waals surface area contributed by atoms with E-state index < -0.39 is 5.97 Å². The number of carbonyl (C=O) groups is 1. The fourth-order valence-corrected chi connectivity index (χ4v) is 1.80. The molecular formula is C11H10N2O3S. The second-order valence-corrected chi connectivity index (χ2v) is 3.88. The predicted molar refractivity (Wildman–Crippen MR) is 64.8 cm³/mol. The molecule has 6 heteroatoms. The van der Waals surface area contributed by atoms with Crippen LogP contribution in [0.3, 0.4) is 0 Å². The van der Waals surface area contributed by atoms with Gasteiger partial charge in [0.15, 0.2) is 5.71 Å². The first-order valence-corrected chi connectivity index (χ1v) is 5.38. The van der Waals surface area contributed by atoms with E-state index in [0.717, 1.165) is 0 Å². The Kier molecular flexibility index (Phi) is 2.89. The first-order valence-electron chi connectivity index (χ1n) is 4.93. The van der Waals surface area contributed by atoms with Crippen molar-refractivity contribution in [1.29, 1.82) is 0 Å². The van der Waals surface area contributed by atoms with E-state index in [0.29, 0.717) is 15.5 Å². The molecule has 2 rings (SSSR count). The minimum atomic E-state index is -0.622. The van der Waals surface area contributed by atoms with Crippen molar-refractivity contribution in [2.24, 2.45) is 10.2 Å². The molecule has 1 aromatic rings. The van der Waals surface area contributed by atoms with Gasteiger partial charge < -0.3 is 9.84 Å². The van der Waals surface area contributed by atoms with Gasteiger partial charge in [0.25, 0.3) is 0 Å². The molecule has 0 unspecified atom stereocenters. The van der Waals surface area contributed by atoms with E-state index in [1.165, 1.54) is 0 Å². The lowest BCUT2D eigenvalue weighted by Crippen LogP contribution is -2.30. The number of benzene rings is 1. The molecule has 1 aliphatic heterocycles. The molecule has 0 aliphatic carbocycles. The van der Waals surface area contributed by atoms with Crippen molar-refractivity contribution in [2.45, 2.75) is 11.8 Å². The first kappa shape index (κ1) is 11.7. The van der Waals surface area contributed by atoms with Gasteiger partial charge in [0, 0.05) is 4.90 Å². The largest absolute Gasteiger partial charge is 0.506 e. The van der Waals surface area contributed by atoms with Gasteiger partial charge in [0.1, 0.15) is 11.1 Å². The van der Waals surface area contributed by atoms with Gasteiger partial charge in [0.2, 0.25) is 0 Å². The lowest BCUT2D eigenvalue weighted by Gasteiger charge is -2.05. The summed E-state index contributed by atoms with van der Waals surface area (Å²) in [5.41, 5.74) is 0.223. The third-order valence-corrected chi connectivity index (χ3v) is 2.63. The Balaban J connectivity index is 2.61. The SMILES string of the molecule is C=c1cc(S)c(O)c2c1=NN=C2C(=O)OCC. The Bertz CT molecular complexity index is 637. The van der Waals surface area contributed by atoms with Crippen LogP contribution in [0.2, 0.25) is 0 Å². The number of phenolic OH excluding ortho intramolecular Hbond substituents is 1. The molecule has 88 valence electrons.